The third kappa shape index (κ3) is 7.29. The third-order valence-corrected chi connectivity index (χ3v) is 4.58. The van der Waals surface area contributed by atoms with Crippen LogP contribution in [0.25, 0.3) is 0 Å². The monoisotopic (exact) mass is 445 g/mol. The van der Waals surface area contributed by atoms with Crippen molar-refractivity contribution in [3.8, 4) is 11.5 Å². The minimum atomic E-state index is -0.739. The predicted octanol–water partition coefficient (Wildman–Crippen LogP) is 4.04. The molecule has 0 saturated heterocycles. The van der Waals surface area contributed by atoms with E-state index >= 15 is 0 Å². The summed E-state index contributed by atoms with van der Waals surface area (Å²) in [5.74, 6) is 0.541. The molecule has 2 N–H and O–H groups in total. The van der Waals surface area contributed by atoms with Crippen LogP contribution in [0.15, 0.2) is 47.6 Å². The van der Waals surface area contributed by atoms with E-state index in [9.17, 15) is 9.59 Å². The Labute approximate surface area is 187 Å². The Kier molecular flexibility index (Phi) is 9.34. The number of methoxy groups -OCH3 is 1. The van der Waals surface area contributed by atoms with Crippen molar-refractivity contribution >= 4 is 29.6 Å². The standard InChI is InChI=1S/C23H28ClN3O4/c1-5-31-21-17(7-6-8-20(21)30-4)14-25-27-23(29)19(13-15(2)3)26-22(28)16-9-11-18(24)12-10-16/h6-12,14-15,19H,5,13H2,1-4H3,(H,26,28)(H,27,29)/b25-14+. The van der Waals surface area contributed by atoms with E-state index in [2.05, 4.69) is 15.8 Å². The average molecular weight is 446 g/mol. The zero-order chi connectivity index (χ0) is 22.8. The molecule has 7 nitrogen and oxygen atoms in total. The normalized spacial score (nSPS) is 11.9. The molecule has 31 heavy (non-hydrogen) atoms. The second kappa shape index (κ2) is 12.0. The van der Waals surface area contributed by atoms with E-state index in [4.69, 9.17) is 21.1 Å². The van der Waals surface area contributed by atoms with Gasteiger partial charge in [0, 0.05) is 16.1 Å². The fraction of sp³-hybridized carbons (Fsp3) is 0.348. The molecule has 0 heterocycles. The Morgan fingerprint density at radius 2 is 1.87 bits per heavy atom. The number of hydrogen-bond acceptors (Lipinski definition) is 5. The van der Waals surface area contributed by atoms with Crippen LogP contribution < -0.4 is 20.2 Å². The summed E-state index contributed by atoms with van der Waals surface area (Å²) in [4.78, 5) is 25.2. The van der Waals surface area contributed by atoms with E-state index in [0.717, 1.165) is 0 Å². The summed E-state index contributed by atoms with van der Waals surface area (Å²) in [5.41, 5.74) is 3.59. The lowest BCUT2D eigenvalue weighted by molar-refractivity contribution is -0.123. The quantitative estimate of drug-likeness (QED) is 0.426. The van der Waals surface area contributed by atoms with Crippen LogP contribution in [0.2, 0.25) is 5.02 Å². The molecule has 0 bridgehead atoms. The molecule has 0 aliphatic rings. The minimum Gasteiger partial charge on any atom is -0.493 e. The molecule has 0 aliphatic heterocycles. The molecule has 0 radical (unpaired) electrons. The van der Waals surface area contributed by atoms with Gasteiger partial charge in [0.1, 0.15) is 6.04 Å². The maximum Gasteiger partial charge on any atom is 0.262 e. The van der Waals surface area contributed by atoms with Crippen molar-refractivity contribution in [3.05, 3.63) is 58.6 Å². The second-order valence-electron chi connectivity index (χ2n) is 7.21. The topological polar surface area (TPSA) is 89.0 Å². The van der Waals surface area contributed by atoms with E-state index in [0.29, 0.717) is 40.7 Å². The molecule has 0 saturated carbocycles. The molecule has 166 valence electrons. The Bertz CT molecular complexity index is 914. The number of benzene rings is 2. The van der Waals surface area contributed by atoms with E-state index in [1.54, 1.807) is 49.6 Å². The van der Waals surface area contributed by atoms with Crippen LogP contribution in [0, 0.1) is 5.92 Å². The number of hydrogen-bond donors (Lipinski definition) is 2. The van der Waals surface area contributed by atoms with Crippen LogP contribution in [0.5, 0.6) is 11.5 Å². The number of hydrazone groups is 1. The van der Waals surface area contributed by atoms with Crippen molar-refractivity contribution in [2.75, 3.05) is 13.7 Å². The fourth-order valence-electron chi connectivity index (χ4n) is 2.88. The molecule has 8 heteroatoms. The summed E-state index contributed by atoms with van der Waals surface area (Å²) in [7, 11) is 1.56. The third-order valence-electron chi connectivity index (χ3n) is 4.33. The van der Waals surface area contributed by atoms with Gasteiger partial charge in [0.05, 0.1) is 19.9 Å². The lowest BCUT2D eigenvalue weighted by Gasteiger charge is -2.19. The Morgan fingerprint density at radius 1 is 1.16 bits per heavy atom. The fourth-order valence-corrected chi connectivity index (χ4v) is 3.01. The van der Waals surface area contributed by atoms with Crippen LogP contribution in [0.1, 0.15) is 43.1 Å². The number of ether oxygens (including phenoxy) is 2. The molecule has 2 rings (SSSR count). The average Bonchev–Trinajstić information content (AvgIpc) is 2.74. The number of carbonyl (C=O) groups excluding carboxylic acids is 2. The molecule has 0 aliphatic carbocycles. The molecular formula is C23H28ClN3O4. The molecular weight excluding hydrogens is 418 g/mol. The maximum atomic E-state index is 12.7. The number of para-hydroxylation sites is 1. The molecule has 2 amide bonds. The number of amides is 2. The Hall–Kier alpha value is -3.06. The molecule has 0 aromatic heterocycles. The Morgan fingerprint density at radius 3 is 2.48 bits per heavy atom. The summed E-state index contributed by atoms with van der Waals surface area (Å²) in [6.07, 6.45) is 1.95. The number of nitrogens with one attached hydrogen (secondary N) is 2. The van der Waals surface area contributed by atoms with E-state index < -0.39 is 11.9 Å². The first-order valence-electron chi connectivity index (χ1n) is 10.0. The summed E-state index contributed by atoms with van der Waals surface area (Å²) < 4.78 is 10.9. The first kappa shape index (κ1) is 24.2. The van der Waals surface area contributed by atoms with E-state index in [-0.39, 0.29) is 11.8 Å². The number of rotatable bonds is 10. The largest absolute Gasteiger partial charge is 0.493 e. The summed E-state index contributed by atoms with van der Waals surface area (Å²) in [6.45, 7) is 6.28. The van der Waals surface area contributed by atoms with Crippen LogP contribution in [-0.2, 0) is 4.79 Å². The van der Waals surface area contributed by atoms with Crippen LogP contribution in [-0.4, -0.2) is 37.8 Å². The van der Waals surface area contributed by atoms with E-state index in [1.165, 1.54) is 6.21 Å². The van der Waals surface area contributed by atoms with Gasteiger partial charge in [-0.1, -0.05) is 31.5 Å². The molecule has 2 aromatic rings. The van der Waals surface area contributed by atoms with Crippen molar-refractivity contribution in [2.45, 2.75) is 33.2 Å². The van der Waals surface area contributed by atoms with Gasteiger partial charge in [-0.2, -0.15) is 5.10 Å². The van der Waals surface area contributed by atoms with Gasteiger partial charge in [-0.05, 0) is 55.7 Å². The second-order valence-corrected chi connectivity index (χ2v) is 7.64. The zero-order valence-corrected chi connectivity index (χ0v) is 18.9. The predicted molar refractivity (Wildman–Crippen MR) is 122 cm³/mol. The summed E-state index contributed by atoms with van der Waals surface area (Å²) in [6, 6.07) is 11.1. The first-order chi connectivity index (χ1) is 14.8. The number of halogens is 1. The summed E-state index contributed by atoms with van der Waals surface area (Å²) in [5, 5.41) is 7.35. The van der Waals surface area contributed by atoms with Crippen molar-refractivity contribution < 1.29 is 19.1 Å². The van der Waals surface area contributed by atoms with Crippen LogP contribution in [0.4, 0.5) is 0 Å². The van der Waals surface area contributed by atoms with E-state index in [1.807, 2.05) is 20.8 Å². The molecule has 1 unspecified atom stereocenters. The van der Waals surface area contributed by atoms with Crippen molar-refractivity contribution in [3.63, 3.8) is 0 Å². The Balaban J connectivity index is 2.10. The number of carbonyl (C=O) groups is 2. The van der Waals surface area contributed by atoms with Crippen LogP contribution >= 0.6 is 11.6 Å². The highest BCUT2D eigenvalue weighted by Crippen LogP contribution is 2.29. The number of nitrogens with zero attached hydrogens (tertiary/aromatic N) is 1. The van der Waals surface area contributed by atoms with Gasteiger partial charge in [-0.3, -0.25) is 9.59 Å². The van der Waals surface area contributed by atoms with Gasteiger partial charge in [-0.15, -0.1) is 0 Å². The van der Waals surface area contributed by atoms with Gasteiger partial charge in [0.2, 0.25) is 0 Å². The molecule has 0 spiro atoms. The highest BCUT2D eigenvalue weighted by atomic mass is 35.5. The van der Waals surface area contributed by atoms with Crippen molar-refractivity contribution in [1.29, 1.82) is 0 Å². The highest BCUT2D eigenvalue weighted by Gasteiger charge is 2.22. The SMILES string of the molecule is CCOc1c(/C=N/NC(=O)C(CC(C)C)NC(=O)c2ccc(Cl)cc2)cccc1OC. The van der Waals surface area contributed by atoms with Gasteiger partial charge in [0.15, 0.2) is 11.5 Å². The highest BCUT2D eigenvalue weighted by molar-refractivity contribution is 6.30. The first-order valence-corrected chi connectivity index (χ1v) is 10.4. The lowest BCUT2D eigenvalue weighted by Crippen LogP contribution is -2.46. The lowest BCUT2D eigenvalue weighted by atomic mass is 10.0. The van der Waals surface area contributed by atoms with Gasteiger partial charge in [-0.25, -0.2) is 5.43 Å². The van der Waals surface area contributed by atoms with Gasteiger partial charge < -0.3 is 14.8 Å². The smallest absolute Gasteiger partial charge is 0.262 e. The summed E-state index contributed by atoms with van der Waals surface area (Å²) >= 11 is 5.87. The van der Waals surface area contributed by atoms with Crippen LogP contribution in [0.3, 0.4) is 0 Å². The molecule has 0 fully saturated rings. The maximum absolute atomic E-state index is 12.7. The molecule has 1 atom stereocenters. The minimum absolute atomic E-state index is 0.188. The van der Waals surface area contributed by atoms with Crippen molar-refractivity contribution in [2.24, 2.45) is 11.0 Å². The van der Waals surface area contributed by atoms with Gasteiger partial charge in [0.25, 0.3) is 11.8 Å². The molecule has 2 aromatic carbocycles. The van der Waals surface area contributed by atoms with Gasteiger partial charge >= 0.3 is 0 Å². The zero-order valence-electron chi connectivity index (χ0n) is 18.1. The van der Waals surface area contributed by atoms with Crippen molar-refractivity contribution in [1.82, 2.24) is 10.7 Å².